The number of carbonyl (C=O) groups is 1. The van der Waals surface area contributed by atoms with E-state index in [4.69, 9.17) is 0 Å². The number of hydrogen-bond donors (Lipinski definition) is 0. The van der Waals surface area contributed by atoms with E-state index in [0.717, 1.165) is 18.2 Å². The van der Waals surface area contributed by atoms with Gasteiger partial charge >= 0.3 is 0 Å². The van der Waals surface area contributed by atoms with Gasteiger partial charge in [-0.2, -0.15) is 0 Å². The van der Waals surface area contributed by atoms with Crippen LogP contribution in [0.25, 0.3) is 0 Å². The monoisotopic (exact) mass is 168 g/mol. The van der Waals surface area contributed by atoms with E-state index in [1.165, 1.54) is 0 Å². The molecule has 0 atom stereocenters. The molecule has 1 aromatic carbocycles. The summed E-state index contributed by atoms with van der Waals surface area (Å²) in [5.41, 5.74) is 0.0926. The van der Waals surface area contributed by atoms with Gasteiger partial charge in [0, 0.05) is 11.6 Å². The summed E-state index contributed by atoms with van der Waals surface area (Å²) in [4.78, 5) is 11.0. The molecule has 0 aliphatic carbocycles. The highest BCUT2D eigenvalue weighted by molar-refractivity contribution is 6.23. The summed E-state index contributed by atoms with van der Waals surface area (Å²) in [5.74, 6) is -1.69. The first-order chi connectivity index (χ1) is 5.63. The van der Waals surface area contributed by atoms with E-state index >= 15 is 0 Å². The van der Waals surface area contributed by atoms with Crippen molar-refractivity contribution in [1.82, 2.24) is 0 Å². The summed E-state index contributed by atoms with van der Waals surface area (Å²) in [6, 6.07) is 2.82. The Labute approximate surface area is 69.8 Å². The first-order valence-corrected chi connectivity index (χ1v) is 3.62. The quantitative estimate of drug-likeness (QED) is 0.478. The molecule has 0 amide bonds. The molecule has 1 aromatic rings. The fourth-order valence-corrected chi connectivity index (χ4v) is 0.919. The Morgan fingerprint density at radius 3 is 2.17 bits per heavy atom. The lowest BCUT2D eigenvalue weighted by atomic mass is 9.96. The molecule has 0 fully saturated rings. The average molecular weight is 168 g/mol. The number of benzene rings is 1. The second kappa shape index (κ2) is 3.47. The number of halogens is 2. The van der Waals surface area contributed by atoms with Crippen LogP contribution in [0.1, 0.15) is 10.4 Å². The first-order valence-electron chi connectivity index (χ1n) is 3.62. The number of Topliss-reactive ketones (excluding diaryl/α,β-unsaturated/α-hetero) is 1. The minimum Gasteiger partial charge on any atom is -0.295 e. The summed E-state index contributed by atoms with van der Waals surface area (Å²) < 4.78 is 25.1. The maximum absolute atomic E-state index is 12.5. The highest BCUT2D eigenvalue weighted by Crippen LogP contribution is 2.09. The fourth-order valence-electron chi connectivity index (χ4n) is 0.919. The zero-order valence-corrected chi connectivity index (χ0v) is 6.60. The molecule has 62 valence electrons. The van der Waals surface area contributed by atoms with Gasteiger partial charge in [-0.3, -0.25) is 4.79 Å². The Bertz CT molecular complexity index is 292. The van der Waals surface area contributed by atoms with Gasteiger partial charge in [0.05, 0.1) is 0 Å². The van der Waals surface area contributed by atoms with Crippen LogP contribution in [0.4, 0.5) is 8.78 Å². The predicted molar refractivity (Wildman–Crippen MR) is 44.0 cm³/mol. The Hall–Kier alpha value is -1.19. The Morgan fingerprint density at radius 2 is 1.75 bits per heavy atom. The normalized spacial score (nSPS) is 9.83. The third kappa shape index (κ3) is 1.90. The van der Waals surface area contributed by atoms with Crippen molar-refractivity contribution >= 4 is 13.6 Å². The van der Waals surface area contributed by atoms with Crippen molar-refractivity contribution in [1.29, 1.82) is 0 Å². The summed E-state index contributed by atoms with van der Waals surface area (Å²) in [5, 5.41) is 0. The molecule has 0 radical (unpaired) electrons. The minimum atomic E-state index is -0.716. The maximum Gasteiger partial charge on any atom is 0.155 e. The van der Waals surface area contributed by atoms with Crippen LogP contribution in [-0.2, 0) is 0 Å². The van der Waals surface area contributed by atoms with Crippen LogP contribution in [0.15, 0.2) is 18.2 Å². The SMILES string of the molecule is BCC(=O)c1cc(F)cc(F)c1. The van der Waals surface area contributed by atoms with Crippen molar-refractivity contribution in [2.24, 2.45) is 0 Å². The van der Waals surface area contributed by atoms with E-state index < -0.39 is 11.6 Å². The molecule has 0 aliphatic rings. The van der Waals surface area contributed by atoms with E-state index in [1.54, 1.807) is 7.85 Å². The van der Waals surface area contributed by atoms with Crippen LogP contribution in [-0.4, -0.2) is 13.6 Å². The number of ketones is 1. The van der Waals surface area contributed by atoms with E-state index in [0.29, 0.717) is 0 Å². The zero-order chi connectivity index (χ0) is 9.14. The van der Waals surface area contributed by atoms with E-state index in [2.05, 4.69) is 0 Å². The molecule has 0 heterocycles. The van der Waals surface area contributed by atoms with Crippen LogP contribution < -0.4 is 0 Å². The summed E-state index contributed by atoms with van der Waals surface area (Å²) in [6.45, 7) is 0. The highest BCUT2D eigenvalue weighted by atomic mass is 19.1. The Balaban J connectivity index is 3.08. The van der Waals surface area contributed by atoms with E-state index in [1.807, 2.05) is 0 Å². The first kappa shape index (κ1) is 8.91. The molecule has 1 rings (SSSR count). The van der Waals surface area contributed by atoms with Crippen LogP contribution in [0, 0.1) is 11.6 Å². The molecule has 0 aromatic heterocycles. The van der Waals surface area contributed by atoms with Gasteiger partial charge in [-0.1, -0.05) is 0 Å². The summed E-state index contributed by atoms with van der Waals surface area (Å²) >= 11 is 0. The molecule has 0 spiro atoms. The Morgan fingerprint density at radius 1 is 1.25 bits per heavy atom. The summed E-state index contributed by atoms with van der Waals surface area (Å²) in [7, 11) is 1.64. The molecule has 12 heavy (non-hydrogen) atoms. The molecular weight excluding hydrogens is 161 g/mol. The van der Waals surface area contributed by atoms with Crippen molar-refractivity contribution in [2.45, 2.75) is 6.32 Å². The lowest BCUT2D eigenvalue weighted by Crippen LogP contribution is -1.98. The molecule has 0 saturated heterocycles. The standard InChI is InChI=1S/C8H7BF2O/c9-4-8(12)5-1-6(10)3-7(11)2-5/h1-3H,4,9H2. The van der Waals surface area contributed by atoms with Gasteiger partial charge in [-0.05, 0) is 18.5 Å². The number of carbonyl (C=O) groups excluding carboxylic acids is 1. The van der Waals surface area contributed by atoms with Gasteiger partial charge in [-0.15, -0.1) is 0 Å². The minimum absolute atomic E-state index is 0.0926. The van der Waals surface area contributed by atoms with Gasteiger partial charge in [0.25, 0.3) is 0 Å². The van der Waals surface area contributed by atoms with Crippen molar-refractivity contribution < 1.29 is 13.6 Å². The molecule has 1 nitrogen and oxygen atoms in total. The van der Waals surface area contributed by atoms with Crippen molar-refractivity contribution in [3.8, 4) is 0 Å². The number of rotatable bonds is 2. The molecule has 0 saturated carbocycles. The lowest BCUT2D eigenvalue weighted by molar-refractivity contribution is 0.101. The Kier molecular flexibility index (Phi) is 2.58. The maximum atomic E-state index is 12.5. The third-order valence-electron chi connectivity index (χ3n) is 1.51. The van der Waals surface area contributed by atoms with Gasteiger partial charge < -0.3 is 0 Å². The third-order valence-corrected chi connectivity index (χ3v) is 1.51. The molecular formula is C8H7BF2O. The smallest absolute Gasteiger partial charge is 0.155 e. The van der Waals surface area contributed by atoms with Crippen molar-refractivity contribution in [3.05, 3.63) is 35.4 Å². The molecule has 0 N–H and O–H groups in total. The van der Waals surface area contributed by atoms with Gasteiger partial charge in [-0.25, -0.2) is 8.78 Å². The number of hydrogen-bond acceptors (Lipinski definition) is 1. The van der Waals surface area contributed by atoms with Crippen LogP contribution in [0.3, 0.4) is 0 Å². The average Bonchev–Trinajstić information content (AvgIpc) is 2.01. The van der Waals surface area contributed by atoms with E-state index in [9.17, 15) is 13.6 Å². The lowest BCUT2D eigenvalue weighted by Gasteiger charge is -1.97. The van der Waals surface area contributed by atoms with Gasteiger partial charge in [0.2, 0.25) is 0 Å². The molecule has 0 unspecified atom stereocenters. The molecule has 4 heteroatoms. The van der Waals surface area contributed by atoms with Crippen molar-refractivity contribution in [3.63, 3.8) is 0 Å². The topological polar surface area (TPSA) is 17.1 Å². The van der Waals surface area contributed by atoms with E-state index in [-0.39, 0.29) is 17.7 Å². The van der Waals surface area contributed by atoms with Gasteiger partial charge in [0.15, 0.2) is 5.78 Å². The molecule has 0 bridgehead atoms. The van der Waals surface area contributed by atoms with Crippen molar-refractivity contribution in [2.75, 3.05) is 0 Å². The van der Waals surface area contributed by atoms with Gasteiger partial charge in [0.1, 0.15) is 19.5 Å². The second-order valence-corrected chi connectivity index (χ2v) is 2.43. The summed E-state index contributed by atoms with van der Waals surface area (Å²) in [6.07, 6.45) is 0.253. The van der Waals surface area contributed by atoms with Crippen LogP contribution in [0.2, 0.25) is 6.32 Å². The van der Waals surface area contributed by atoms with Crippen LogP contribution >= 0.6 is 0 Å². The highest BCUT2D eigenvalue weighted by Gasteiger charge is 2.06. The predicted octanol–water partition coefficient (Wildman–Crippen LogP) is 1.20. The van der Waals surface area contributed by atoms with Crippen LogP contribution in [0.5, 0.6) is 0 Å². The zero-order valence-electron chi connectivity index (χ0n) is 6.60. The largest absolute Gasteiger partial charge is 0.295 e. The second-order valence-electron chi connectivity index (χ2n) is 2.43. The molecule has 0 aliphatic heterocycles. The fraction of sp³-hybridized carbons (Fsp3) is 0.125.